The van der Waals surface area contributed by atoms with Crippen LogP contribution in [0, 0.1) is 17.0 Å². The second-order valence-corrected chi connectivity index (χ2v) is 8.11. The summed E-state index contributed by atoms with van der Waals surface area (Å²) in [6.07, 6.45) is 2.16. The standard InChI is InChI=1S/C22H25N5O5/c1-14-19-17(23-24-21(28)15-6-8-16(9-7-15)27(30)31)4-3-5-18(19)32-20(14)22(29)26-12-10-25(2)11-13-26/h6-9H,3-5,10-13H2,1-2H3,(H,24,28)/b23-17+. The van der Waals surface area contributed by atoms with Crippen molar-refractivity contribution < 1.29 is 18.9 Å². The van der Waals surface area contributed by atoms with Crippen molar-refractivity contribution in [2.75, 3.05) is 33.2 Å². The van der Waals surface area contributed by atoms with Gasteiger partial charge in [-0.05, 0) is 38.9 Å². The number of carbonyl (C=O) groups is 2. The zero-order valence-corrected chi connectivity index (χ0v) is 18.1. The van der Waals surface area contributed by atoms with Crippen molar-refractivity contribution in [1.82, 2.24) is 15.2 Å². The largest absolute Gasteiger partial charge is 0.455 e. The molecule has 0 atom stereocenters. The summed E-state index contributed by atoms with van der Waals surface area (Å²) in [7, 11) is 2.03. The van der Waals surface area contributed by atoms with Gasteiger partial charge in [0.1, 0.15) is 5.76 Å². The summed E-state index contributed by atoms with van der Waals surface area (Å²) in [6, 6.07) is 5.32. The molecule has 4 rings (SSSR count). The Morgan fingerprint density at radius 1 is 1.12 bits per heavy atom. The van der Waals surface area contributed by atoms with Crippen LogP contribution in [0.2, 0.25) is 0 Å². The number of nitrogens with one attached hydrogen (secondary N) is 1. The van der Waals surface area contributed by atoms with Crippen LogP contribution in [-0.2, 0) is 6.42 Å². The Bertz CT molecular complexity index is 1080. The molecular weight excluding hydrogens is 414 g/mol. The van der Waals surface area contributed by atoms with E-state index in [0.29, 0.717) is 37.4 Å². The number of hydrogen-bond acceptors (Lipinski definition) is 7. The van der Waals surface area contributed by atoms with Crippen molar-refractivity contribution in [1.29, 1.82) is 0 Å². The van der Waals surface area contributed by atoms with Gasteiger partial charge in [-0.3, -0.25) is 19.7 Å². The van der Waals surface area contributed by atoms with E-state index >= 15 is 0 Å². The highest BCUT2D eigenvalue weighted by molar-refractivity contribution is 6.07. The second kappa shape index (κ2) is 8.91. The maximum absolute atomic E-state index is 13.0. The number of hydrazone groups is 1. The number of nitro benzene ring substituents is 1. The molecule has 10 nitrogen and oxygen atoms in total. The Morgan fingerprint density at radius 3 is 2.47 bits per heavy atom. The molecule has 10 heteroatoms. The second-order valence-electron chi connectivity index (χ2n) is 8.11. The molecule has 2 aromatic rings. The number of aryl methyl sites for hydroxylation is 1. The van der Waals surface area contributed by atoms with E-state index in [1.54, 1.807) is 0 Å². The van der Waals surface area contributed by atoms with Crippen molar-refractivity contribution in [3.05, 3.63) is 62.6 Å². The molecule has 2 amide bonds. The zero-order chi connectivity index (χ0) is 22.8. The first-order valence-electron chi connectivity index (χ1n) is 10.6. The van der Waals surface area contributed by atoms with E-state index in [1.807, 2.05) is 18.9 Å². The minimum atomic E-state index is -0.520. The Balaban J connectivity index is 1.53. The summed E-state index contributed by atoms with van der Waals surface area (Å²) >= 11 is 0. The lowest BCUT2D eigenvalue weighted by molar-refractivity contribution is -0.384. The van der Waals surface area contributed by atoms with E-state index in [2.05, 4.69) is 15.4 Å². The highest BCUT2D eigenvalue weighted by Gasteiger charge is 2.31. The van der Waals surface area contributed by atoms with E-state index in [0.717, 1.165) is 36.4 Å². The fraction of sp³-hybridized carbons (Fsp3) is 0.409. The number of nitro groups is 1. The third kappa shape index (κ3) is 4.26. The van der Waals surface area contributed by atoms with Crippen LogP contribution in [0.5, 0.6) is 0 Å². The van der Waals surface area contributed by atoms with Gasteiger partial charge < -0.3 is 14.2 Å². The summed E-state index contributed by atoms with van der Waals surface area (Å²) in [4.78, 5) is 39.7. The highest BCUT2D eigenvalue weighted by Crippen LogP contribution is 2.30. The Morgan fingerprint density at radius 2 is 1.81 bits per heavy atom. The molecule has 1 saturated heterocycles. The van der Waals surface area contributed by atoms with Crippen LogP contribution in [0.4, 0.5) is 5.69 Å². The molecule has 168 valence electrons. The lowest BCUT2D eigenvalue weighted by atomic mass is 9.93. The first-order chi connectivity index (χ1) is 15.3. The van der Waals surface area contributed by atoms with E-state index < -0.39 is 10.8 Å². The molecule has 1 aliphatic heterocycles. The van der Waals surface area contributed by atoms with Crippen LogP contribution in [0.3, 0.4) is 0 Å². The molecule has 1 N–H and O–H groups in total. The third-order valence-corrected chi connectivity index (χ3v) is 5.94. The predicted molar refractivity (Wildman–Crippen MR) is 117 cm³/mol. The highest BCUT2D eigenvalue weighted by atomic mass is 16.6. The maximum atomic E-state index is 13.0. The Hall–Kier alpha value is -3.53. The van der Waals surface area contributed by atoms with Crippen molar-refractivity contribution in [2.24, 2.45) is 5.10 Å². The molecule has 2 aliphatic rings. The maximum Gasteiger partial charge on any atom is 0.289 e. The number of benzene rings is 1. The number of nitrogens with zero attached hydrogens (tertiary/aromatic N) is 4. The number of carbonyl (C=O) groups excluding carboxylic acids is 2. The van der Waals surface area contributed by atoms with Crippen LogP contribution >= 0.6 is 0 Å². The van der Waals surface area contributed by atoms with Gasteiger partial charge in [0, 0.05) is 61.4 Å². The normalized spacial score (nSPS) is 17.8. The minimum Gasteiger partial charge on any atom is -0.455 e. The molecule has 2 heterocycles. The first kappa shape index (κ1) is 21.7. The smallest absolute Gasteiger partial charge is 0.289 e. The lowest BCUT2D eigenvalue weighted by Crippen LogP contribution is -2.47. The number of non-ortho nitro benzene ring substituents is 1. The molecule has 0 saturated carbocycles. The van der Waals surface area contributed by atoms with Crippen LogP contribution in [0.1, 0.15) is 50.6 Å². The molecule has 1 aromatic carbocycles. The molecule has 1 aliphatic carbocycles. The van der Waals surface area contributed by atoms with E-state index in [1.165, 1.54) is 24.3 Å². The van der Waals surface area contributed by atoms with Gasteiger partial charge in [-0.1, -0.05) is 0 Å². The molecule has 0 unspecified atom stereocenters. The number of piperazine rings is 1. The summed E-state index contributed by atoms with van der Waals surface area (Å²) in [5, 5.41) is 15.1. The molecule has 0 radical (unpaired) electrons. The third-order valence-electron chi connectivity index (χ3n) is 5.94. The number of fused-ring (bicyclic) bond motifs is 1. The number of hydrogen-bond donors (Lipinski definition) is 1. The summed E-state index contributed by atoms with van der Waals surface area (Å²) in [6.45, 7) is 4.82. The van der Waals surface area contributed by atoms with Crippen molar-refractivity contribution in [3.8, 4) is 0 Å². The number of likely N-dealkylation sites (N-methyl/N-ethyl adjacent to an activating group) is 1. The quantitative estimate of drug-likeness (QED) is 0.577. The van der Waals surface area contributed by atoms with Crippen LogP contribution in [0.15, 0.2) is 33.8 Å². The fourth-order valence-electron chi connectivity index (χ4n) is 4.05. The van der Waals surface area contributed by atoms with Gasteiger partial charge in [0.25, 0.3) is 17.5 Å². The van der Waals surface area contributed by atoms with Crippen LogP contribution < -0.4 is 5.43 Å². The van der Waals surface area contributed by atoms with Crippen LogP contribution in [-0.4, -0.2) is 65.5 Å². The van der Waals surface area contributed by atoms with Crippen LogP contribution in [0.25, 0.3) is 0 Å². The number of amides is 2. The van der Waals surface area contributed by atoms with E-state index in [4.69, 9.17) is 4.42 Å². The van der Waals surface area contributed by atoms with Crippen molar-refractivity contribution >= 4 is 23.2 Å². The summed E-state index contributed by atoms with van der Waals surface area (Å²) in [5.41, 5.74) is 4.91. The first-order valence-corrected chi connectivity index (χ1v) is 10.6. The average Bonchev–Trinajstić information content (AvgIpc) is 3.14. The summed E-state index contributed by atoms with van der Waals surface area (Å²) in [5.74, 6) is 0.485. The molecule has 32 heavy (non-hydrogen) atoms. The summed E-state index contributed by atoms with van der Waals surface area (Å²) < 4.78 is 5.97. The molecular formula is C22H25N5O5. The Labute approximate surface area is 185 Å². The topological polar surface area (TPSA) is 121 Å². The average molecular weight is 439 g/mol. The van der Waals surface area contributed by atoms with Gasteiger partial charge in [-0.25, -0.2) is 5.43 Å². The van der Waals surface area contributed by atoms with Gasteiger partial charge in [0.15, 0.2) is 5.76 Å². The molecule has 1 aromatic heterocycles. The number of rotatable bonds is 4. The SMILES string of the molecule is Cc1c(C(=O)N2CCN(C)CC2)oc2c1/C(=N/NC(=O)c1ccc([N+](=O)[O-])cc1)CCC2. The number of furan rings is 1. The van der Waals surface area contributed by atoms with Crippen molar-refractivity contribution in [3.63, 3.8) is 0 Å². The van der Waals surface area contributed by atoms with Gasteiger partial charge >= 0.3 is 0 Å². The Kier molecular flexibility index (Phi) is 6.04. The van der Waals surface area contributed by atoms with Gasteiger partial charge in [0.2, 0.25) is 0 Å². The van der Waals surface area contributed by atoms with Gasteiger partial charge in [-0.2, -0.15) is 5.10 Å². The zero-order valence-electron chi connectivity index (χ0n) is 18.1. The predicted octanol–water partition coefficient (Wildman–Crippen LogP) is 2.35. The van der Waals surface area contributed by atoms with Crippen molar-refractivity contribution in [2.45, 2.75) is 26.2 Å². The molecule has 0 bridgehead atoms. The molecule has 1 fully saturated rings. The lowest BCUT2D eigenvalue weighted by Gasteiger charge is -2.31. The fourth-order valence-corrected chi connectivity index (χ4v) is 4.05. The molecule has 0 spiro atoms. The van der Waals surface area contributed by atoms with E-state index in [-0.39, 0.29) is 17.2 Å². The minimum absolute atomic E-state index is 0.0867. The van der Waals surface area contributed by atoms with Gasteiger partial charge in [-0.15, -0.1) is 0 Å². The van der Waals surface area contributed by atoms with E-state index in [9.17, 15) is 19.7 Å². The monoisotopic (exact) mass is 439 g/mol. The van der Waals surface area contributed by atoms with Gasteiger partial charge in [0.05, 0.1) is 10.6 Å².